The number of carbonyl (C=O) groups is 1. The molecule has 0 bridgehead atoms. The summed E-state index contributed by atoms with van der Waals surface area (Å²) in [6.07, 6.45) is 2.04. The molecule has 2 rings (SSSR count). The number of amides is 1. The van der Waals surface area contributed by atoms with E-state index in [2.05, 4.69) is 10.3 Å². The van der Waals surface area contributed by atoms with E-state index in [-0.39, 0.29) is 18.4 Å². The second-order valence-corrected chi connectivity index (χ2v) is 5.13. The van der Waals surface area contributed by atoms with Crippen molar-refractivity contribution in [3.8, 4) is 0 Å². The second-order valence-electron chi connectivity index (χ2n) is 4.69. The Labute approximate surface area is 128 Å². The minimum Gasteiger partial charge on any atom is -0.396 e. The number of aliphatic hydroxyl groups is 1. The minimum absolute atomic E-state index is 0.0763. The van der Waals surface area contributed by atoms with Gasteiger partial charge in [-0.05, 0) is 24.1 Å². The van der Waals surface area contributed by atoms with E-state index in [0.29, 0.717) is 23.7 Å². The second kappa shape index (κ2) is 7.76. The Morgan fingerprint density at radius 3 is 2.62 bits per heavy atom. The number of halogens is 1. The Morgan fingerprint density at radius 1 is 1.24 bits per heavy atom. The first kappa shape index (κ1) is 15.5. The summed E-state index contributed by atoms with van der Waals surface area (Å²) >= 11 is 5.74. The van der Waals surface area contributed by atoms with Gasteiger partial charge in [0.1, 0.15) is 5.69 Å². The molecule has 0 saturated heterocycles. The first-order valence-corrected chi connectivity index (χ1v) is 7.14. The molecule has 2 aromatic rings. The van der Waals surface area contributed by atoms with Crippen molar-refractivity contribution >= 4 is 17.5 Å². The highest BCUT2D eigenvalue weighted by molar-refractivity contribution is 6.30. The van der Waals surface area contributed by atoms with E-state index in [4.69, 9.17) is 11.6 Å². The quantitative estimate of drug-likeness (QED) is 0.862. The van der Waals surface area contributed by atoms with E-state index in [1.165, 1.54) is 6.20 Å². The highest BCUT2D eigenvalue weighted by Gasteiger charge is 2.13. The molecule has 1 aromatic carbocycles. The van der Waals surface area contributed by atoms with Gasteiger partial charge in [0.05, 0.1) is 5.02 Å². The van der Waals surface area contributed by atoms with Crippen LogP contribution in [0.4, 0.5) is 0 Å². The molecule has 21 heavy (non-hydrogen) atoms. The minimum atomic E-state index is -0.245. The molecule has 0 saturated carbocycles. The molecular weight excluding hydrogens is 288 g/mol. The van der Waals surface area contributed by atoms with Gasteiger partial charge in [-0.3, -0.25) is 4.79 Å². The Balaban J connectivity index is 1.98. The van der Waals surface area contributed by atoms with E-state index in [1.807, 2.05) is 30.3 Å². The maximum Gasteiger partial charge on any atom is 0.269 e. The number of hydrogen-bond acceptors (Lipinski definition) is 3. The summed E-state index contributed by atoms with van der Waals surface area (Å²) < 4.78 is 0. The van der Waals surface area contributed by atoms with Crippen molar-refractivity contribution in [1.82, 2.24) is 10.3 Å². The normalized spacial score (nSPS) is 11.9. The summed E-state index contributed by atoms with van der Waals surface area (Å²) in [6.45, 7) is 0.530. The molecule has 2 N–H and O–H groups in total. The maximum absolute atomic E-state index is 12.0. The van der Waals surface area contributed by atoms with Crippen molar-refractivity contribution in [2.75, 3.05) is 13.2 Å². The van der Waals surface area contributed by atoms with Gasteiger partial charge >= 0.3 is 0 Å². The number of nitrogens with one attached hydrogen (secondary N) is 1. The lowest BCUT2D eigenvalue weighted by molar-refractivity contribution is 0.0944. The fourth-order valence-electron chi connectivity index (χ4n) is 2.08. The molecule has 0 aliphatic rings. The molecule has 1 unspecified atom stereocenters. The van der Waals surface area contributed by atoms with Gasteiger partial charge in [0.15, 0.2) is 0 Å². The smallest absolute Gasteiger partial charge is 0.269 e. The SMILES string of the molecule is O=C(NCC(CCO)c1ccccc1)c1ccc(Cl)cn1. The van der Waals surface area contributed by atoms with Crippen molar-refractivity contribution < 1.29 is 9.90 Å². The van der Waals surface area contributed by atoms with E-state index >= 15 is 0 Å². The van der Waals surface area contributed by atoms with Crippen LogP contribution in [0.25, 0.3) is 0 Å². The first-order valence-electron chi connectivity index (χ1n) is 6.76. The van der Waals surface area contributed by atoms with Crippen LogP contribution >= 0.6 is 11.6 Å². The highest BCUT2D eigenvalue weighted by atomic mass is 35.5. The number of benzene rings is 1. The van der Waals surface area contributed by atoms with Crippen molar-refractivity contribution in [2.24, 2.45) is 0 Å². The zero-order valence-corrected chi connectivity index (χ0v) is 12.3. The summed E-state index contributed by atoms with van der Waals surface area (Å²) in [5.41, 5.74) is 1.42. The van der Waals surface area contributed by atoms with E-state index in [9.17, 15) is 9.90 Å². The highest BCUT2D eigenvalue weighted by Crippen LogP contribution is 2.18. The van der Waals surface area contributed by atoms with Gasteiger partial charge in [-0.1, -0.05) is 41.9 Å². The van der Waals surface area contributed by atoms with Crippen LogP contribution < -0.4 is 5.32 Å². The first-order chi connectivity index (χ1) is 10.2. The molecule has 5 heteroatoms. The van der Waals surface area contributed by atoms with Crippen LogP contribution in [-0.2, 0) is 0 Å². The van der Waals surface area contributed by atoms with Crippen LogP contribution in [0.3, 0.4) is 0 Å². The summed E-state index contributed by atoms with van der Waals surface area (Å²) in [5.74, 6) is -0.169. The van der Waals surface area contributed by atoms with Gasteiger partial charge in [-0.25, -0.2) is 4.98 Å². The number of aromatic nitrogens is 1. The molecule has 4 nitrogen and oxygen atoms in total. The average molecular weight is 305 g/mol. The monoisotopic (exact) mass is 304 g/mol. The fraction of sp³-hybridized carbons (Fsp3) is 0.250. The zero-order chi connectivity index (χ0) is 15.1. The lowest BCUT2D eigenvalue weighted by Gasteiger charge is -2.17. The van der Waals surface area contributed by atoms with Gasteiger partial charge in [-0.2, -0.15) is 0 Å². The predicted octanol–water partition coefficient (Wildman–Crippen LogP) is 2.63. The molecule has 110 valence electrons. The van der Waals surface area contributed by atoms with Crippen LogP contribution in [0.2, 0.25) is 5.02 Å². The Hall–Kier alpha value is -1.91. The number of nitrogens with zero attached hydrogens (tertiary/aromatic N) is 1. The molecule has 0 radical (unpaired) electrons. The summed E-state index contributed by atoms with van der Waals surface area (Å²) in [5, 5.41) is 12.5. The van der Waals surface area contributed by atoms with Crippen LogP contribution in [0.15, 0.2) is 48.7 Å². The summed E-state index contributed by atoms with van der Waals surface area (Å²) in [4.78, 5) is 16.0. The van der Waals surface area contributed by atoms with E-state index in [1.54, 1.807) is 12.1 Å². The molecule has 1 amide bonds. The third kappa shape index (κ3) is 4.55. The lowest BCUT2D eigenvalue weighted by atomic mass is 9.96. The van der Waals surface area contributed by atoms with Gasteiger partial charge in [0.25, 0.3) is 5.91 Å². The molecule has 1 heterocycles. The molecule has 0 fully saturated rings. The topological polar surface area (TPSA) is 62.2 Å². The van der Waals surface area contributed by atoms with Gasteiger partial charge < -0.3 is 10.4 Å². The number of carbonyl (C=O) groups excluding carboxylic acids is 1. The van der Waals surface area contributed by atoms with Crippen molar-refractivity contribution in [3.63, 3.8) is 0 Å². The predicted molar refractivity (Wildman–Crippen MR) is 82.5 cm³/mol. The summed E-state index contributed by atoms with van der Waals surface area (Å²) in [6, 6.07) is 13.0. The van der Waals surface area contributed by atoms with Crippen LogP contribution in [0.5, 0.6) is 0 Å². The third-order valence-electron chi connectivity index (χ3n) is 3.22. The van der Waals surface area contributed by atoms with Gasteiger partial charge in [0.2, 0.25) is 0 Å². The molecule has 1 aromatic heterocycles. The lowest BCUT2D eigenvalue weighted by Crippen LogP contribution is -2.29. The standard InChI is InChI=1S/C16H17ClN2O2/c17-14-6-7-15(18-11-14)16(21)19-10-13(8-9-20)12-4-2-1-3-5-12/h1-7,11,13,20H,8-10H2,(H,19,21). The van der Waals surface area contributed by atoms with Crippen molar-refractivity contribution in [3.05, 3.63) is 64.9 Å². The van der Waals surface area contributed by atoms with Gasteiger partial charge in [0, 0.05) is 25.3 Å². The molecule has 0 aliphatic carbocycles. The van der Waals surface area contributed by atoms with Crippen LogP contribution in [0.1, 0.15) is 28.4 Å². The molecule has 0 aliphatic heterocycles. The number of aliphatic hydroxyl groups excluding tert-OH is 1. The maximum atomic E-state index is 12.0. The Morgan fingerprint density at radius 2 is 2.00 bits per heavy atom. The van der Waals surface area contributed by atoms with E-state index in [0.717, 1.165) is 5.56 Å². The number of hydrogen-bond donors (Lipinski definition) is 2. The number of rotatable bonds is 6. The van der Waals surface area contributed by atoms with Crippen LogP contribution in [-0.4, -0.2) is 29.1 Å². The van der Waals surface area contributed by atoms with E-state index < -0.39 is 0 Å². The Kier molecular flexibility index (Phi) is 5.72. The largest absolute Gasteiger partial charge is 0.396 e. The van der Waals surface area contributed by atoms with Crippen molar-refractivity contribution in [2.45, 2.75) is 12.3 Å². The number of pyridine rings is 1. The Bertz CT molecular complexity index is 573. The fourth-order valence-corrected chi connectivity index (χ4v) is 2.20. The molecular formula is C16H17ClN2O2. The molecule has 0 spiro atoms. The van der Waals surface area contributed by atoms with Crippen molar-refractivity contribution in [1.29, 1.82) is 0 Å². The third-order valence-corrected chi connectivity index (χ3v) is 3.44. The average Bonchev–Trinajstić information content (AvgIpc) is 2.52. The zero-order valence-electron chi connectivity index (χ0n) is 11.5. The molecule has 1 atom stereocenters. The summed E-state index contributed by atoms with van der Waals surface area (Å²) in [7, 11) is 0. The van der Waals surface area contributed by atoms with Crippen LogP contribution in [0, 0.1) is 0 Å². The van der Waals surface area contributed by atoms with Gasteiger partial charge in [-0.15, -0.1) is 0 Å².